The number of halogens is 1. The Morgan fingerprint density at radius 1 is 1.16 bits per heavy atom. The van der Waals surface area contributed by atoms with Crippen molar-refractivity contribution in [2.75, 3.05) is 17.5 Å². The molecule has 7 nitrogen and oxygen atoms in total. The Labute approximate surface area is 151 Å². The average molecular weight is 384 g/mol. The van der Waals surface area contributed by atoms with Gasteiger partial charge in [-0.05, 0) is 55.5 Å². The van der Waals surface area contributed by atoms with E-state index >= 15 is 0 Å². The number of nitrogens with one attached hydrogen (secondary N) is 1. The minimum atomic E-state index is -3.98. The molecule has 0 saturated heterocycles. The van der Waals surface area contributed by atoms with Gasteiger partial charge in [0.15, 0.2) is 0 Å². The molecule has 3 N–H and O–H groups in total. The Morgan fingerprint density at radius 2 is 1.76 bits per heavy atom. The molecule has 0 aliphatic carbocycles. The van der Waals surface area contributed by atoms with Gasteiger partial charge in [0.25, 0.3) is 15.9 Å². The molecule has 134 valence electrons. The molecule has 1 amide bonds. The van der Waals surface area contributed by atoms with Gasteiger partial charge in [-0.2, -0.15) is 0 Å². The van der Waals surface area contributed by atoms with Crippen LogP contribution in [0.3, 0.4) is 0 Å². The number of benzene rings is 2. The fraction of sp³-hybridized carbons (Fsp3) is 0.188. The largest absolute Gasteiger partial charge is 0.494 e. The quantitative estimate of drug-likeness (QED) is 0.432. The number of hydrazine groups is 1. The highest BCUT2D eigenvalue weighted by Crippen LogP contribution is 2.26. The van der Waals surface area contributed by atoms with Crippen molar-refractivity contribution in [3.8, 4) is 5.75 Å². The van der Waals surface area contributed by atoms with Crippen LogP contribution < -0.4 is 20.3 Å². The summed E-state index contributed by atoms with van der Waals surface area (Å²) in [5, 5.41) is 0.409. The number of sulfonamides is 1. The zero-order valence-corrected chi connectivity index (χ0v) is 15.0. The van der Waals surface area contributed by atoms with Crippen LogP contribution in [0.5, 0.6) is 5.75 Å². The number of amides is 1. The van der Waals surface area contributed by atoms with Crippen molar-refractivity contribution in [2.45, 2.75) is 11.8 Å². The van der Waals surface area contributed by atoms with Crippen LogP contribution in [0.4, 0.5) is 5.69 Å². The van der Waals surface area contributed by atoms with E-state index in [1.165, 1.54) is 24.3 Å². The zero-order valence-electron chi connectivity index (χ0n) is 13.5. The van der Waals surface area contributed by atoms with Gasteiger partial charge in [-0.1, -0.05) is 11.6 Å². The lowest BCUT2D eigenvalue weighted by Gasteiger charge is -2.24. The van der Waals surface area contributed by atoms with E-state index in [9.17, 15) is 13.2 Å². The summed E-state index contributed by atoms with van der Waals surface area (Å²) in [5.74, 6) is 5.05. The molecule has 25 heavy (non-hydrogen) atoms. The molecule has 9 heteroatoms. The predicted octanol–water partition coefficient (Wildman–Crippen LogP) is 1.92. The highest BCUT2D eigenvalue weighted by atomic mass is 35.5. The second-order valence-corrected chi connectivity index (χ2v) is 7.26. The molecule has 0 aliphatic heterocycles. The van der Waals surface area contributed by atoms with E-state index in [-0.39, 0.29) is 4.90 Å². The molecule has 0 unspecified atom stereocenters. The molecule has 2 aromatic carbocycles. The van der Waals surface area contributed by atoms with Crippen molar-refractivity contribution < 1.29 is 17.9 Å². The van der Waals surface area contributed by atoms with Crippen LogP contribution >= 0.6 is 11.6 Å². The van der Waals surface area contributed by atoms with Crippen LogP contribution in [0.15, 0.2) is 53.4 Å². The fourth-order valence-corrected chi connectivity index (χ4v) is 3.65. The van der Waals surface area contributed by atoms with E-state index in [1.807, 2.05) is 12.3 Å². The van der Waals surface area contributed by atoms with E-state index in [4.69, 9.17) is 22.2 Å². The highest BCUT2D eigenvalue weighted by Gasteiger charge is 2.27. The van der Waals surface area contributed by atoms with Gasteiger partial charge in [-0.15, -0.1) is 0 Å². The molecule has 0 aromatic heterocycles. The smallest absolute Gasteiger partial charge is 0.264 e. The fourth-order valence-electron chi connectivity index (χ4n) is 2.10. The summed E-state index contributed by atoms with van der Waals surface area (Å²) in [7, 11) is -3.98. The number of anilines is 1. The van der Waals surface area contributed by atoms with Gasteiger partial charge in [-0.25, -0.2) is 14.3 Å². The summed E-state index contributed by atoms with van der Waals surface area (Å²) < 4.78 is 32.2. The van der Waals surface area contributed by atoms with Crippen LogP contribution in [0.2, 0.25) is 5.02 Å². The minimum Gasteiger partial charge on any atom is -0.494 e. The van der Waals surface area contributed by atoms with Gasteiger partial charge in [0, 0.05) is 5.02 Å². The Balaban J connectivity index is 2.44. The summed E-state index contributed by atoms with van der Waals surface area (Å²) in [6.45, 7) is 1.87. The highest BCUT2D eigenvalue weighted by molar-refractivity contribution is 7.92. The third-order valence-electron chi connectivity index (χ3n) is 3.29. The predicted molar refractivity (Wildman–Crippen MR) is 95.9 cm³/mol. The number of ether oxygens (including phenoxy) is 1. The molecule has 0 aliphatic rings. The first-order valence-electron chi connectivity index (χ1n) is 7.39. The molecule has 0 saturated carbocycles. The van der Waals surface area contributed by atoms with Crippen molar-refractivity contribution in [1.82, 2.24) is 5.43 Å². The third-order valence-corrected chi connectivity index (χ3v) is 5.33. The molecular formula is C16H18ClN3O4S. The van der Waals surface area contributed by atoms with Crippen molar-refractivity contribution in [3.05, 3.63) is 53.6 Å². The number of hydrogen-bond acceptors (Lipinski definition) is 5. The van der Waals surface area contributed by atoms with Crippen LogP contribution in [0.25, 0.3) is 0 Å². The first-order chi connectivity index (χ1) is 11.9. The van der Waals surface area contributed by atoms with Gasteiger partial charge < -0.3 is 4.74 Å². The molecule has 0 spiro atoms. The summed E-state index contributed by atoms with van der Waals surface area (Å²) in [6, 6.07) is 12.1. The standard InChI is InChI=1S/C16H18ClN3O4S/c1-2-24-14-7-5-13(6-8-14)20(11-16(21)19-18)25(22,23)15-9-3-12(17)4-10-15/h3-10H,2,11,18H2,1H3,(H,19,21). The average Bonchev–Trinajstić information content (AvgIpc) is 2.61. The van der Waals surface area contributed by atoms with Crippen LogP contribution in [-0.2, 0) is 14.8 Å². The van der Waals surface area contributed by atoms with Crippen molar-refractivity contribution in [1.29, 1.82) is 0 Å². The molecule has 2 rings (SSSR count). The topological polar surface area (TPSA) is 102 Å². The van der Waals surface area contributed by atoms with Gasteiger partial charge >= 0.3 is 0 Å². The zero-order chi connectivity index (χ0) is 18.4. The molecule has 0 radical (unpaired) electrons. The number of nitrogens with two attached hydrogens (primary N) is 1. The summed E-state index contributed by atoms with van der Waals surface area (Å²) in [4.78, 5) is 11.7. The molecule has 0 bridgehead atoms. The number of carbonyl (C=O) groups excluding carboxylic acids is 1. The number of nitrogens with zero attached hydrogens (tertiary/aromatic N) is 1. The first kappa shape index (κ1) is 19.0. The maximum Gasteiger partial charge on any atom is 0.264 e. The second-order valence-electron chi connectivity index (χ2n) is 4.96. The van der Waals surface area contributed by atoms with Crippen molar-refractivity contribution in [3.63, 3.8) is 0 Å². The molecule has 0 fully saturated rings. The second kappa shape index (κ2) is 8.19. The maximum atomic E-state index is 12.9. The number of hydrogen-bond donors (Lipinski definition) is 2. The number of carbonyl (C=O) groups is 1. The SMILES string of the molecule is CCOc1ccc(N(CC(=O)NN)S(=O)(=O)c2ccc(Cl)cc2)cc1. The Hall–Kier alpha value is -2.29. The monoisotopic (exact) mass is 383 g/mol. The van der Waals surface area contributed by atoms with E-state index < -0.39 is 22.5 Å². The van der Waals surface area contributed by atoms with E-state index in [0.717, 1.165) is 4.31 Å². The lowest BCUT2D eigenvalue weighted by Crippen LogP contribution is -2.43. The molecule has 0 atom stereocenters. The van der Waals surface area contributed by atoms with Crippen LogP contribution in [0.1, 0.15) is 6.92 Å². The normalized spacial score (nSPS) is 11.0. The summed E-state index contributed by atoms with van der Waals surface area (Å²) >= 11 is 5.81. The Kier molecular flexibility index (Phi) is 6.24. The maximum absolute atomic E-state index is 12.9. The van der Waals surface area contributed by atoms with Crippen molar-refractivity contribution in [2.24, 2.45) is 5.84 Å². The Morgan fingerprint density at radius 3 is 2.28 bits per heavy atom. The van der Waals surface area contributed by atoms with Gasteiger partial charge in [0.05, 0.1) is 17.2 Å². The van der Waals surface area contributed by atoms with Gasteiger partial charge in [0.1, 0.15) is 12.3 Å². The van der Waals surface area contributed by atoms with Crippen LogP contribution in [-0.4, -0.2) is 27.5 Å². The Bertz CT molecular complexity index is 823. The van der Waals surface area contributed by atoms with E-state index in [1.54, 1.807) is 24.3 Å². The van der Waals surface area contributed by atoms with Gasteiger partial charge in [-0.3, -0.25) is 14.5 Å². The molecule has 0 heterocycles. The molecular weight excluding hydrogens is 366 g/mol. The van der Waals surface area contributed by atoms with Gasteiger partial charge in [0.2, 0.25) is 0 Å². The van der Waals surface area contributed by atoms with E-state index in [0.29, 0.717) is 23.1 Å². The lowest BCUT2D eigenvalue weighted by molar-refractivity contribution is -0.119. The summed E-state index contributed by atoms with van der Waals surface area (Å²) in [5.41, 5.74) is 2.25. The minimum absolute atomic E-state index is 0.00982. The third kappa shape index (κ3) is 4.62. The first-order valence-corrected chi connectivity index (χ1v) is 9.21. The molecule has 2 aromatic rings. The lowest BCUT2D eigenvalue weighted by atomic mass is 10.3. The van der Waals surface area contributed by atoms with Crippen molar-refractivity contribution >= 4 is 33.2 Å². The van der Waals surface area contributed by atoms with E-state index in [2.05, 4.69) is 0 Å². The summed E-state index contributed by atoms with van der Waals surface area (Å²) in [6.07, 6.45) is 0. The number of rotatable bonds is 7. The van der Waals surface area contributed by atoms with Crippen LogP contribution in [0, 0.1) is 0 Å².